The number of rotatable bonds is 4. The molecule has 0 radical (unpaired) electrons. The van der Waals surface area contributed by atoms with Crippen molar-refractivity contribution < 1.29 is 4.79 Å². The molecule has 0 saturated carbocycles. The van der Waals surface area contributed by atoms with Crippen LogP contribution in [0.2, 0.25) is 5.02 Å². The Morgan fingerprint density at radius 3 is 2.71 bits per heavy atom. The summed E-state index contributed by atoms with van der Waals surface area (Å²) >= 11 is 9.40. The molecular formula is C11H15BrCl2N2O. The molecule has 1 aromatic rings. The zero-order valence-corrected chi connectivity index (χ0v) is 12.7. The van der Waals surface area contributed by atoms with E-state index >= 15 is 0 Å². The highest BCUT2D eigenvalue weighted by Crippen LogP contribution is 2.21. The largest absolute Gasteiger partial charge is 0.358 e. The minimum absolute atomic E-state index is 0. The second-order valence-corrected chi connectivity index (χ2v) is 4.78. The molecule has 0 aliphatic rings. The van der Waals surface area contributed by atoms with E-state index in [1.165, 1.54) is 0 Å². The molecule has 0 heterocycles. The Labute approximate surface area is 121 Å². The van der Waals surface area contributed by atoms with Gasteiger partial charge in [0, 0.05) is 23.1 Å². The number of hydrogen-bond donors (Lipinski definition) is 2. The molecule has 2 N–H and O–H groups in total. The average molecular weight is 342 g/mol. The van der Waals surface area contributed by atoms with E-state index in [0.717, 1.165) is 10.0 Å². The van der Waals surface area contributed by atoms with Crippen LogP contribution in [-0.2, 0) is 11.3 Å². The Hall–Kier alpha value is -0.290. The average Bonchev–Trinajstić information content (AvgIpc) is 2.26. The molecule has 17 heavy (non-hydrogen) atoms. The minimum Gasteiger partial charge on any atom is -0.358 e. The van der Waals surface area contributed by atoms with E-state index in [4.69, 9.17) is 11.6 Å². The van der Waals surface area contributed by atoms with Crippen LogP contribution in [0.15, 0.2) is 22.7 Å². The summed E-state index contributed by atoms with van der Waals surface area (Å²) in [6, 6.07) is 5.46. The van der Waals surface area contributed by atoms with Gasteiger partial charge in [-0.15, -0.1) is 12.4 Å². The first-order valence-electron chi connectivity index (χ1n) is 4.93. The van der Waals surface area contributed by atoms with Gasteiger partial charge < -0.3 is 10.6 Å². The standard InChI is InChI=1S/C11H14BrClN2O.ClH/c1-7(11(16)14-2)15-6-8-3-4-9(12)5-10(8)13;/h3-5,7,15H,6H2,1-2H3,(H,14,16);1H/t7-;/m1./s1. The molecule has 0 aromatic heterocycles. The normalized spacial score (nSPS) is 11.5. The third-order valence-electron chi connectivity index (χ3n) is 2.25. The molecule has 96 valence electrons. The number of benzene rings is 1. The van der Waals surface area contributed by atoms with Crippen LogP contribution in [0, 0.1) is 0 Å². The maximum absolute atomic E-state index is 11.3. The lowest BCUT2D eigenvalue weighted by atomic mass is 10.2. The number of halogens is 3. The molecular weight excluding hydrogens is 327 g/mol. The van der Waals surface area contributed by atoms with Gasteiger partial charge in [-0.2, -0.15) is 0 Å². The molecule has 0 bridgehead atoms. The summed E-state index contributed by atoms with van der Waals surface area (Å²) in [7, 11) is 1.62. The lowest BCUT2D eigenvalue weighted by Crippen LogP contribution is -2.40. The predicted octanol–water partition coefficient (Wildman–Crippen LogP) is 2.75. The maximum atomic E-state index is 11.3. The fraction of sp³-hybridized carbons (Fsp3) is 0.364. The SMILES string of the molecule is CNC(=O)[C@@H](C)NCc1ccc(Br)cc1Cl.Cl. The fourth-order valence-electron chi connectivity index (χ4n) is 1.24. The summed E-state index contributed by atoms with van der Waals surface area (Å²) in [6.07, 6.45) is 0. The monoisotopic (exact) mass is 340 g/mol. The van der Waals surface area contributed by atoms with Crippen molar-refractivity contribution in [3.8, 4) is 0 Å². The smallest absolute Gasteiger partial charge is 0.236 e. The summed E-state index contributed by atoms with van der Waals surface area (Å²) in [4.78, 5) is 11.3. The van der Waals surface area contributed by atoms with Gasteiger partial charge in [0.15, 0.2) is 0 Å². The van der Waals surface area contributed by atoms with Crippen LogP contribution in [0.5, 0.6) is 0 Å². The Morgan fingerprint density at radius 2 is 2.18 bits per heavy atom. The van der Waals surface area contributed by atoms with Crippen molar-refractivity contribution in [2.45, 2.75) is 19.5 Å². The molecule has 0 unspecified atom stereocenters. The highest BCUT2D eigenvalue weighted by Gasteiger charge is 2.10. The maximum Gasteiger partial charge on any atom is 0.236 e. The molecule has 6 heteroatoms. The molecule has 0 saturated heterocycles. The van der Waals surface area contributed by atoms with E-state index in [1.807, 2.05) is 25.1 Å². The van der Waals surface area contributed by atoms with Crippen molar-refractivity contribution in [3.63, 3.8) is 0 Å². The van der Waals surface area contributed by atoms with Gasteiger partial charge >= 0.3 is 0 Å². The number of carbonyl (C=O) groups excluding carboxylic acids is 1. The van der Waals surface area contributed by atoms with Gasteiger partial charge in [-0.1, -0.05) is 33.6 Å². The van der Waals surface area contributed by atoms with Crippen molar-refractivity contribution >= 4 is 45.8 Å². The Morgan fingerprint density at radius 1 is 1.53 bits per heavy atom. The van der Waals surface area contributed by atoms with Crippen LogP contribution in [0.3, 0.4) is 0 Å². The molecule has 0 aliphatic heterocycles. The molecule has 0 aliphatic carbocycles. The van der Waals surface area contributed by atoms with Crippen LogP contribution >= 0.6 is 39.9 Å². The van der Waals surface area contributed by atoms with Crippen LogP contribution in [0.25, 0.3) is 0 Å². The first kappa shape index (κ1) is 16.7. The van der Waals surface area contributed by atoms with Gasteiger partial charge in [0.1, 0.15) is 0 Å². The number of hydrogen-bond acceptors (Lipinski definition) is 2. The van der Waals surface area contributed by atoms with Crippen molar-refractivity contribution in [3.05, 3.63) is 33.3 Å². The third-order valence-corrected chi connectivity index (χ3v) is 3.10. The van der Waals surface area contributed by atoms with Gasteiger partial charge in [-0.25, -0.2) is 0 Å². The van der Waals surface area contributed by atoms with E-state index in [2.05, 4.69) is 26.6 Å². The van der Waals surface area contributed by atoms with E-state index in [0.29, 0.717) is 11.6 Å². The summed E-state index contributed by atoms with van der Waals surface area (Å²) < 4.78 is 0.945. The van der Waals surface area contributed by atoms with Crippen molar-refractivity contribution in [2.75, 3.05) is 7.05 Å². The summed E-state index contributed by atoms with van der Waals surface area (Å²) in [6.45, 7) is 2.38. The highest BCUT2D eigenvalue weighted by atomic mass is 79.9. The molecule has 0 fully saturated rings. The highest BCUT2D eigenvalue weighted by molar-refractivity contribution is 9.10. The summed E-state index contributed by atoms with van der Waals surface area (Å²) in [5.74, 6) is -0.0340. The fourth-order valence-corrected chi connectivity index (χ4v) is 1.98. The van der Waals surface area contributed by atoms with Crippen LogP contribution < -0.4 is 10.6 Å². The first-order valence-corrected chi connectivity index (χ1v) is 6.10. The number of likely N-dealkylation sites (N-methyl/N-ethyl adjacent to an activating group) is 1. The van der Waals surface area contributed by atoms with Crippen molar-refractivity contribution in [1.29, 1.82) is 0 Å². The molecule has 1 rings (SSSR count). The van der Waals surface area contributed by atoms with E-state index in [1.54, 1.807) is 7.05 Å². The van der Waals surface area contributed by atoms with E-state index < -0.39 is 0 Å². The third kappa shape index (κ3) is 5.25. The van der Waals surface area contributed by atoms with Crippen LogP contribution in [0.4, 0.5) is 0 Å². The molecule has 3 nitrogen and oxygen atoms in total. The van der Waals surface area contributed by atoms with Gasteiger partial charge in [0.05, 0.1) is 6.04 Å². The van der Waals surface area contributed by atoms with Crippen molar-refractivity contribution in [2.24, 2.45) is 0 Å². The molecule has 1 amide bonds. The van der Waals surface area contributed by atoms with Gasteiger partial charge in [-0.05, 0) is 24.6 Å². The molecule has 1 aromatic carbocycles. The second kappa shape index (κ2) is 7.93. The Kier molecular flexibility index (Phi) is 7.79. The van der Waals surface area contributed by atoms with Crippen molar-refractivity contribution in [1.82, 2.24) is 10.6 Å². The quantitative estimate of drug-likeness (QED) is 0.884. The zero-order valence-electron chi connectivity index (χ0n) is 9.59. The number of amides is 1. The minimum atomic E-state index is -0.232. The first-order chi connectivity index (χ1) is 7.54. The predicted molar refractivity (Wildman–Crippen MR) is 76.8 cm³/mol. The number of nitrogens with one attached hydrogen (secondary N) is 2. The van der Waals surface area contributed by atoms with Gasteiger partial charge in [0.25, 0.3) is 0 Å². The topological polar surface area (TPSA) is 41.1 Å². The van der Waals surface area contributed by atoms with Gasteiger partial charge in [0.2, 0.25) is 5.91 Å². The summed E-state index contributed by atoms with van der Waals surface area (Å²) in [5.41, 5.74) is 0.973. The second-order valence-electron chi connectivity index (χ2n) is 3.45. The van der Waals surface area contributed by atoms with E-state index in [-0.39, 0.29) is 24.4 Å². The van der Waals surface area contributed by atoms with Crippen LogP contribution in [-0.4, -0.2) is 19.0 Å². The lowest BCUT2D eigenvalue weighted by Gasteiger charge is -2.13. The van der Waals surface area contributed by atoms with E-state index in [9.17, 15) is 4.79 Å². The molecule has 0 spiro atoms. The summed E-state index contributed by atoms with van der Waals surface area (Å²) in [5, 5.41) is 6.37. The lowest BCUT2D eigenvalue weighted by molar-refractivity contribution is -0.122. The van der Waals surface area contributed by atoms with Gasteiger partial charge in [-0.3, -0.25) is 4.79 Å². The van der Waals surface area contributed by atoms with Crippen LogP contribution in [0.1, 0.15) is 12.5 Å². The Balaban J connectivity index is 0.00000256. The zero-order chi connectivity index (χ0) is 12.1. The Bertz CT molecular complexity index is 388. The molecule has 1 atom stereocenters. The number of carbonyl (C=O) groups is 1.